The van der Waals surface area contributed by atoms with E-state index in [-0.39, 0.29) is 6.61 Å². The number of hydrogen-bond acceptors (Lipinski definition) is 2. The third-order valence-corrected chi connectivity index (χ3v) is 2.36. The summed E-state index contributed by atoms with van der Waals surface area (Å²) in [7, 11) is 0. The normalized spacial score (nSPS) is 11.1. The molecule has 4 heteroatoms. The van der Waals surface area contributed by atoms with Gasteiger partial charge >= 0.3 is 0 Å². The summed E-state index contributed by atoms with van der Waals surface area (Å²) in [6.45, 7) is 3.60. The molecule has 0 saturated heterocycles. The Hall–Kier alpha value is -1.00. The summed E-state index contributed by atoms with van der Waals surface area (Å²) in [6.07, 6.45) is 0.914. The minimum absolute atomic E-state index is 0.0247. The SMILES string of the molecule is CCCN(CCO)Cc1cc(F)ccc1F. The molecule has 2 nitrogen and oxygen atoms in total. The lowest BCUT2D eigenvalue weighted by atomic mass is 10.2. The Morgan fingerprint density at radius 1 is 1.25 bits per heavy atom. The topological polar surface area (TPSA) is 23.5 Å². The van der Waals surface area contributed by atoms with Crippen molar-refractivity contribution in [3.63, 3.8) is 0 Å². The average molecular weight is 229 g/mol. The number of hydrogen-bond donors (Lipinski definition) is 1. The van der Waals surface area contributed by atoms with E-state index >= 15 is 0 Å². The molecule has 1 rings (SSSR count). The molecular weight excluding hydrogens is 212 g/mol. The third kappa shape index (κ3) is 3.87. The fourth-order valence-corrected chi connectivity index (χ4v) is 1.63. The van der Waals surface area contributed by atoms with Crippen molar-refractivity contribution >= 4 is 0 Å². The van der Waals surface area contributed by atoms with E-state index in [1.807, 2.05) is 11.8 Å². The van der Waals surface area contributed by atoms with Crippen LogP contribution in [-0.2, 0) is 6.54 Å². The lowest BCUT2D eigenvalue weighted by molar-refractivity contribution is 0.188. The van der Waals surface area contributed by atoms with Gasteiger partial charge in [0.25, 0.3) is 0 Å². The lowest BCUT2D eigenvalue weighted by Gasteiger charge is -2.20. The van der Waals surface area contributed by atoms with E-state index in [0.717, 1.165) is 25.1 Å². The van der Waals surface area contributed by atoms with Gasteiger partial charge in [-0.1, -0.05) is 6.92 Å². The highest BCUT2D eigenvalue weighted by Crippen LogP contribution is 2.12. The van der Waals surface area contributed by atoms with Gasteiger partial charge in [0.2, 0.25) is 0 Å². The van der Waals surface area contributed by atoms with Gasteiger partial charge in [-0.25, -0.2) is 8.78 Å². The summed E-state index contributed by atoms with van der Waals surface area (Å²) in [4.78, 5) is 1.90. The monoisotopic (exact) mass is 229 g/mol. The predicted molar refractivity (Wildman–Crippen MR) is 59.0 cm³/mol. The second-order valence-corrected chi connectivity index (χ2v) is 3.74. The van der Waals surface area contributed by atoms with Crippen molar-refractivity contribution in [1.29, 1.82) is 0 Å². The zero-order valence-corrected chi connectivity index (χ0v) is 9.42. The smallest absolute Gasteiger partial charge is 0.127 e. The molecule has 0 atom stereocenters. The molecule has 1 N–H and O–H groups in total. The highest BCUT2D eigenvalue weighted by molar-refractivity contribution is 5.18. The number of halogens is 2. The van der Waals surface area contributed by atoms with Crippen LogP contribution in [0.25, 0.3) is 0 Å². The summed E-state index contributed by atoms with van der Waals surface area (Å²) < 4.78 is 26.3. The van der Waals surface area contributed by atoms with E-state index in [1.165, 1.54) is 6.07 Å². The van der Waals surface area contributed by atoms with E-state index < -0.39 is 11.6 Å². The van der Waals surface area contributed by atoms with Crippen molar-refractivity contribution in [2.24, 2.45) is 0 Å². The minimum atomic E-state index is -0.433. The van der Waals surface area contributed by atoms with E-state index in [1.54, 1.807) is 0 Å². The molecule has 0 unspecified atom stereocenters. The number of benzene rings is 1. The molecule has 0 bridgehead atoms. The average Bonchev–Trinajstić information content (AvgIpc) is 2.24. The molecule has 16 heavy (non-hydrogen) atoms. The molecule has 0 saturated carbocycles. The molecular formula is C12H17F2NO. The van der Waals surface area contributed by atoms with Crippen molar-refractivity contribution < 1.29 is 13.9 Å². The van der Waals surface area contributed by atoms with Crippen LogP contribution in [0.2, 0.25) is 0 Å². The van der Waals surface area contributed by atoms with Gasteiger partial charge in [0.15, 0.2) is 0 Å². The van der Waals surface area contributed by atoms with Crippen LogP contribution >= 0.6 is 0 Å². The van der Waals surface area contributed by atoms with Gasteiger partial charge in [-0.05, 0) is 31.2 Å². The van der Waals surface area contributed by atoms with E-state index in [2.05, 4.69) is 0 Å². The maximum atomic E-state index is 13.4. The Morgan fingerprint density at radius 3 is 2.62 bits per heavy atom. The number of aliphatic hydroxyl groups excluding tert-OH is 1. The van der Waals surface area contributed by atoms with Crippen LogP contribution in [0.1, 0.15) is 18.9 Å². The first-order valence-corrected chi connectivity index (χ1v) is 5.44. The fraction of sp³-hybridized carbons (Fsp3) is 0.500. The highest BCUT2D eigenvalue weighted by atomic mass is 19.1. The summed E-state index contributed by atoms with van der Waals surface area (Å²) >= 11 is 0. The third-order valence-electron chi connectivity index (χ3n) is 2.36. The van der Waals surface area contributed by atoms with Gasteiger partial charge in [0.1, 0.15) is 11.6 Å². The van der Waals surface area contributed by atoms with Crippen molar-refractivity contribution in [1.82, 2.24) is 4.90 Å². The van der Waals surface area contributed by atoms with E-state index in [0.29, 0.717) is 18.7 Å². The lowest BCUT2D eigenvalue weighted by Crippen LogP contribution is -2.27. The number of nitrogens with zero attached hydrogens (tertiary/aromatic N) is 1. The van der Waals surface area contributed by atoms with Crippen LogP contribution in [0.15, 0.2) is 18.2 Å². The molecule has 0 aliphatic heterocycles. The molecule has 0 heterocycles. The second kappa shape index (κ2) is 6.55. The van der Waals surface area contributed by atoms with Crippen LogP contribution in [-0.4, -0.2) is 29.7 Å². The number of aliphatic hydroxyl groups is 1. The Morgan fingerprint density at radius 2 is 2.00 bits per heavy atom. The molecule has 0 spiro atoms. The summed E-state index contributed by atoms with van der Waals surface area (Å²) in [5, 5.41) is 8.86. The molecule has 1 aromatic carbocycles. The zero-order valence-electron chi connectivity index (χ0n) is 9.42. The molecule has 1 aromatic rings. The summed E-state index contributed by atoms with van der Waals surface area (Å²) in [5.41, 5.74) is 0.335. The van der Waals surface area contributed by atoms with Gasteiger partial charge in [-0.15, -0.1) is 0 Å². The van der Waals surface area contributed by atoms with Crippen molar-refractivity contribution in [2.45, 2.75) is 19.9 Å². The molecule has 0 aliphatic carbocycles. The Labute approximate surface area is 94.5 Å². The summed E-state index contributed by atoms with van der Waals surface area (Å²) in [6, 6.07) is 3.44. The predicted octanol–water partition coefficient (Wildman–Crippen LogP) is 2.17. The van der Waals surface area contributed by atoms with E-state index in [9.17, 15) is 8.78 Å². The summed E-state index contributed by atoms with van der Waals surface area (Å²) in [5.74, 6) is -0.836. The van der Waals surface area contributed by atoms with Crippen LogP contribution in [0.3, 0.4) is 0 Å². The largest absolute Gasteiger partial charge is 0.395 e. The van der Waals surface area contributed by atoms with Crippen LogP contribution < -0.4 is 0 Å². The highest BCUT2D eigenvalue weighted by Gasteiger charge is 2.09. The zero-order chi connectivity index (χ0) is 12.0. The maximum Gasteiger partial charge on any atom is 0.127 e. The second-order valence-electron chi connectivity index (χ2n) is 3.74. The van der Waals surface area contributed by atoms with Crippen LogP contribution in [0, 0.1) is 11.6 Å². The van der Waals surface area contributed by atoms with Crippen LogP contribution in [0.4, 0.5) is 8.78 Å². The van der Waals surface area contributed by atoms with Gasteiger partial charge in [0.05, 0.1) is 6.61 Å². The molecule has 0 aromatic heterocycles. The van der Waals surface area contributed by atoms with Crippen LogP contribution in [0.5, 0.6) is 0 Å². The first kappa shape index (κ1) is 13.1. The van der Waals surface area contributed by atoms with Gasteiger partial charge in [-0.2, -0.15) is 0 Å². The minimum Gasteiger partial charge on any atom is -0.395 e. The number of rotatable bonds is 6. The quantitative estimate of drug-likeness (QED) is 0.808. The Balaban J connectivity index is 2.71. The van der Waals surface area contributed by atoms with E-state index in [4.69, 9.17) is 5.11 Å². The molecule has 0 fully saturated rings. The molecule has 0 radical (unpaired) electrons. The molecule has 0 aliphatic rings. The maximum absolute atomic E-state index is 13.4. The standard InChI is InChI=1S/C12H17F2NO/c1-2-5-15(6-7-16)9-10-8-11(13)3-4-12(10)14/h3-4,8,16H,2,5-7,9H2,1H3. The first-order valence-electron chi connectivity index (χ1n) is 5.44. The first-order chi connectivity index (χ1) is 7.67. The molecule has 90 valence electrons. The molecule has 0 amide bonds. The Bertz CT molecular complexity index is 325. The van der Waals surface area contributed by atoms with Gasteiger partial charge in [0, 0.05) is 18.7 Å². The van der Waals surface area contributed by atoms with Crippen molar-refractivity contribution in [2.75, 3.05) is 19.7 Å². The fourth-order valence-electron chi connectivity index (χ4n) is 1.63. The Kier molecular flexibility index (Phi) is 5.35. The van der Waals surface area contributed by atoms with Crippen molar-refractivity contribution in [3.05, 3.63) is 35.4 Å². The van der Waals surface area contributed by atoms with Crippen molar-refractivity contribution in [3.8, 4) is 0 Å². The van der Waals surface area contributed by atoms with Gasteiger partial charge in [-0.3, -0.25) is 4.90 Å². The van der Waals surface area contributed by atoms with Gasteiger partial charge < -0.3 is 5.11 Å².